The zero-order chi connectivity index (χ0) is 17.7. The molecule has 2 aromatic rings. The molecule has 0 atom stereocenters. The Kier molecular flexibility index (Phi) is 5.73. The largest absolute Gasteiger partial charge is 0.494 e. The van der Waals surface area contributed by atoms with Crippen molar-refractivity contribution in [1.82, 2.24) is 10.2 Å². The van der Waals surface area contributed by atoms with Gasteiger partial charge in [0.05, 0.1) is 7.11 Å². The molecule has 4 nitrogen and oxygen atoms in total. The van der Waals surface area contributed by atoms with Gasteiger partial charge in [-0.25, -0.2) is 13.6 Å². The zero-order valence-electron chi connectivity index (χ0n) is 13.9. The van der Waals surface area contributed by atoms with E-state index in [0.29, 0.717) is 16.7 Å². The number of carbonyl (C=O) groups excluding carboxylic acids is 1. The number of nitrogens with one attached hydrogen (secondary N) is 1. The topological polar surface area (TPSA) is 41.6 Å². The van der Waals surface area contributed by atoms with Gasteiger partial charge in [-0.15, -0.1) is 0 Å². The van der Waals surface area contributed by atoms with Gasteiger partial charge in [0.15, 0.2) is 11.6 Å². The van der Waals surface area contributed by atoms with Crippen LogP contribution >= 0.6 is 0 Å². The van der Waals surface area contributed by atoms with E-state index in [9.17, 15) is 13.6 Å². The van der Waals surface area contributed by atoms with Gasteiger partial charge < -0.3 is 15.0 Å². The van der Waals surface area contributed by atoms with E-state index in [1.54, 1.807) is 32.2 Å². The molecular formula is C18H20F2N2O2. The fraction of sp³-hybridized carbons (Fsp3) is 0.278. The van der Waals surface area contributed by atoms with E-state index >= 15 is 0 Å². The summed E-state index contributed by atoms with van der Waals surface area (Å²) in [6.07, 6.45) is 0. The van der Waals surface area contributed by atoms with Crippen molar-refractivity contribution in [2.75, 3.05) is 14.2 Å². The third-order valence-electron chi connectivity index (χ3n) is 3.66. The molecule has 0 unspecified atom stereocenters. The number of rotatable bonds is 5. The summed E-state index contributed by atoms with van der Waals surface area (Å²) < 4.78 is 32.0. The number of halogens is 2. The summed E-state index contributed by atoms with van der Waals surface area (Å²) in [4.78, 5) is 13.5. The molecule has 1 N–H and O–H groups in total. The van der Waals surface area contributed by atoms with Crippen molar-refractivity contribution in [2.45, 2.75) is 20.0 Å². The second kappa shape index (κ2) is 7.77. The van der Waals surface area contributed by atoms with Crippen LogP contribution in [0.15, 0.2) is 36.4 Å². The minimum atomic E-state index is -0.473. The lowest BCUT2D eigenvalue weighted by Crippen LogP contribution is -2.36. The second-order valence-electron chi connectivity index (χ2n) is 5.57. The maximum absolute atomic E-state index is 13.7. The highest BCUT2D eigenvalue weighted by atomic mass is 19.1. The number of nitrogens with zero attached hydrogens (tertiary/aromatic N) is 1. The average Bonchev–Trinajstić information content (AvgIpc) is 2.55. The minimum absolute atomic E-state index is 0.159. The van der Waals surface area contributed by atoms with Gasteiger partial charge in [0.25, 0.3) is 0 Å². The van der Waals surface area contributed by atoms with Crippen molar-refractivity contribution >= 4 is 6.03 Å². The molecular weight excluding hydrogens is 314 g/mol. The summed E-state index contributed by atoms with van der Waals surface area (Å²) in [5, 5.41) is 2.70. The number of methoxy groups -OCH3 is 1. The van der Waals surface area contributed by atoms with E-state index in [2.05, 4.69) is 5.32 Å². The first-order chi connectivity index (χ1) is 11.4. The molecule has 0 aromatic heterocycles. The monoisotopic (exact) mass is 334 g/mol. The number of aryl methyl sites for hydroxylation is 1. The fourth-order valence-corrected chi connectivity index (χ4v) is 2.21. The molecule has 0 heterocycles. The van der Waals surface area contributed by atoms with E-state index in [0.717, 1.165) is 0 Å². The molecule has 0 spiro atoms. The van der Waals surface area contributed by atoms with Crippen molar-refractivity contribution < 1.29 is 18.3 Å². The predicted octanol–water partition coefficient (Wildman–Crippen LogP) is 3.62. The quantitative estimate of drug-likeness (QED) is 0.907. The molecule has 0 fully saturated rings. The molecule has 2 aromatic carbocycles. The third kappa shape index (κ3) is 4.44. The molecule has 0 bridgehead atoms. The number of hydrogen-bond acceptors (Lipinski definition) is 2. The molecule has 0 aliphatic rings. The molecule has 6 heteroatoms. The first-order valence-electron chi connectivity index (χ1n) is 7.47. The van der Waals surface area contributed by atoms with E-state index < -0.39 is 5.82 Å². The van der Waals surface area contributed by atoms with Crippen molar-refractivity contribution in [3.05, 3.63) is 64.7 Å². The Morgan fingerprint density at radius 1 is 1.12 bits per heavy atom. The third-order valence-corrected chi connectivity index (χ3v) is 3.66. The fourth-order valence-electron chi connectivity index (χ4n) is 2.21. The maximum Gasteiger partial charge on any atom is 0.317 e. The number of amides is 2. The first kappa shape index (κ1) is 17.7. The molecule has 0 radical (unpaired) electrons. The van der Waals surface area contributed by atoms with E-state index in [-0.39, 0.29) is 30.7 Å². The van der Waals surface area contributed by atoms with Crippen LogP contribution in [-0.4, -0.2) is 25.1 Å². The summed E-state index contributed by atoms with van der Waals surface area (Å²) in [7, 11) is 3.00. The molecule has 0 saturated carbocycles. The average molecular weight is 334 g/mol. The lowest BCUT2D eigenvalue weighted by atomic mass is 10.1. The van der Waals surface area contributed by atoms with Crippen LogP contribution in [-0.2, 0) is 13.1 Å². The van der Waals surface area contributed by atoms with E-state index in [4.69, 9.17) is 4.74 Å². The Morgan fingerprint density at radius 2 is 1.79 bits per heavy atom. The highest BCUT2D eigenvalue weighted by molar-refractivity contribution is 5.73. The van der Waals surface area contributed by atoms with Crippen LogP contribution in [0.4, 0.5) is 13.6 Å². The number of urea groups is 1. The highest BCUT2D eigenvalue weighted by Crippen LogP contribution is 2.18. The van der Waals surface area contributed by atoms with Gasteiger partial charge in [-0.1, -0.05) is 18.2 Å². The molecule has 128 valence electrons. The highest BCUT2D eigenvalue weighted by Gasteiger charge is 2.11. The van der Waals surface area contributed by atoms with Gasteiger partial charge >= 0.3 is 6.03 Å². The summed E-state index contributed by atoms with van der Waals surface area (Å²) in [5.41, 5.74) is 1.88. The number of benzene rings is 2. The lowest BCUT2D eigenvalue weighted by molar-refractivity contribution is 0.206. The van der Waals surface area contributed by atoms with Crippen LogP contribution in [0, 0.1) is 18.6 Å². The SMILES string of the molecule is COc1ccc(CN(C)C(=O)NCc2ccc(C)c(F)c2)cc1F. The number of carbonyl (C=O) groups is 1. The lowest BCUT2D eigenvalue weighted by Gasteiger charge is -2.18. The van der Waals surface area contributed by atoms with Crippen molar-refractivity contribution in [1.29, 1.82) is 0 Å². The van der Waals surface area contributed by atoms with Crippen LogP contribution in [0.3, 0.4) is 0 Å². The van der Waals surface area contributed by atoms with Crippen LogP contribution in [0.1, 0.15) is 16.7 Å². The van der Waals surface area contributed by atoms with Gasteiger partial charge in [0, 0.05) is 20.1 Å². The standard InChI is InChI=1S/C18H20F2N2O2/c1-12-4-5-13(8-15(12)19)10-21-18(23)22(2)11-14-6-7-17(24-3)16(20)9-14/h4-9H,10-11H2,1-3H3,(H,21,23). The smallest absolute Gasteiger partial charge is 0.317 e. The molecule has 2 amide bonds. The van der Waals surface area contributed by atoms with Crippen LogP contribution < -0.4 is 10.1 Å². The Hall–Kier alpha value is -2.63. The second-order valence-corrected chi connectivity index (χ2v) is 5.57. The van der Waals surface area contributed by atoms with Gasteiger partial charge in [-0.05, 0) is 41.8 Å². The summed E-state index contributed by atoms with van der Waals surface area (Å²) in [5.74, 6) is -0.616. The Morgan fingerprint density at radius 3 is 2.42 bits per heavy atom. The normalized spacial score (nSPS) is 10.4. The molecule has 2 rings (SSSR count). The van der Waals surface area contributed by atoms with Crippen molar-refractivity contribution in [3.8, 4) is 5.75 Å². The number of ether oxygens (including phenoxy) is 1. The van der Waals surface area contributed by atoms with Gasteiger partial charge in [0.2, 0.25) is 0 Å². The predicted molar refractivity (Wildman–Crippen MR) is 87.8 cm³/mol. The van der Waals surface area contributed by atoms with Crippen LogP contribution in [0.25, 0.3) is 0 Å². The Balaban J connectivity index is 1.92. The number of hydrogen-bond donors (Lipinski definition) is 1. The van der Waals surface area contributed by atoms with E-state index in [1.807, 2.05) is 0 Å². The molecule has 24 heavy (non-hydrogen) atoms. The molecule has 0 aliphatic heterocycles. The van der Waals surface area contributed by atoms with Gasteiger partial charge in [-0.3, -0.25) is 0 Å². The Bertz CT molecular complexity index is 735. The first-order valence-corrected chi connectivity index (χ1v) is 7.47. The summed E-state index contributed by atoms with van der Waals surface area (Å²) >= 11 is 0. The maximum atomic E-state index is 13.7. The minimum Gasteiger partial charge on any atom is -0.494 e. The molecule has 0 saturated heterocycles. The van der Waals surface area contributed by atoms with Crippen molar-refractivity contribution in [3.63, 3.8) is 0 Å². The van der Waals surface area contributed by atoms with Gasteiger partial charge in [-0.2, -0.15) is 0 Å². The van der Waals surface area contributed by atoms with Gasteiger partial charge in [0.1, 0.15) is 5.82 Å². The summed E-state index contributed by atoms with van der Waals surface area (Å²) in [6.45, 7) is 2.14. The molecule has 0 aliphatic carbocycles. The van der Waals surface area contributed by atoms with Crippen molar-refractivity contribution in [2.24, 2.45) is 0 Å². The Labute approximate surface area is 140 Å². The summed E-state index contributed by atoms with van der Waals surface area (Å²) in [6, 6.07) is 9.05. The van der Waals surface area contributed by atoms with Crippen LogP contribution in [0.5, 0.6) is 5.75 Å². The zero-order valence-corrected chi connectivity index (χ0v) is 13.9. The van der Waals surface area contributed by atoms with E-state index in [1.165, 1.54) is 30.2 Å². The van der Waals surface area contributed by atoms with Crippen LogP contribution in [0.2, 0.25) is 0 Å².